The topological polar surface area (TPSA) is 84.9 Å². The number of nitrogens with zero attached hydrogens (tertiary/aromatic N) is 1. The minimum Gasteiger partial charge on any atom is -0.465 e. The third kappa shape index (κ3) is 4.85. The van der Waals surface area contributed by atoms with Gasteiger partial charge in [-0.3, -0.25) is 4.79 Å². The molecule has 0 saturated heterocycles. The number of anilines is 2. The molecule has 7 nitrogen and oxygen atoms in total. The fourth-order valence-corrected chi connectivity index (χ4v) is 3.47. The normalized spacial score (nSPS) is 12.9. The van der Waals surface area contributed by atoms with Gasteiger partial charge in [0.25, 0.3) is 5.91 Å². The lowest BCUT2D eigenvalue weighted by Crippen LogP contribution is -2.27. The Morgan fingerprint density at radius 1 is 0.906 bits per heavy atom. The number of halogens is 2. The number of ether oxygens (including phenoxy) is 2. The van der Waals surface area contributed by atoms with Crippen molar-refractivity contribution in [3.63, 3.8) is 0 Å². The molecule has 0 bridgehead atoms. The zero-order valence-electron chi connectivity index (χ0n) is 17.1. The van der Waals surface area contributed by atoms with E-state index in [-0.39, 0.29) is 38.6 Å². The molecule has 0 spiro atoms. The number of allylic oxidation sites excluding steroid dienone is 2. The van der Waals surface area contributed by atoms with Crippen LogP contribution in [0.1, 0.15) is 10.4 Å². The van der Waals surface area contributed by atoms with E-state index in [1.54, 1.807) is 42.5 Å². The van der Waals surface area contributed by atoms with Crippen molar-refractivity contribution in [2.24, 2.45) is 0 Å². The first kappa shape index (κ1) is 23.1. The van der Waals surface area contributed by atoms with Crippen molar-refractivity contribution in [2.75, 3.05) is 24.4 Å². The fourth-order valence-electron chi connectivity index (χ4n) is 2.95. The number of hydrogen-bond donors (Lipinski definition) is 1. The molecule has 1 aliphatic rings. The Morgan fingerprint density at radius 2 is 1.59 bits per heavy atom. The number of methoxy groups -OCH3 is 2. The summed E-state index contributed by atoms with van der Waals surface area (Å²) in [5, 5.41) is 3.09. The molecule has 0 fully saturated rings. The first-order valence-electron chi connectivity index (χ1n) is 9.27. The Hall–Kier alpha value is -3.55. The summed E-state index contributed by atoms with van der Waals surface area (Å²) in [5.41, 5.74) is 0.816. The van der Waals surface area contributed by atoms with Crippen LogP contribution < -0.4 is 10.2 Å². The molecule has 0 radical (unpaired) electrons. The number of carbonyl (C=O) groups excluding carboxylic acids is 3. The Bertz CT molecular complexity index is 1160. The molecule has 1 amide bonds. The second-order valence-corrected chi connectivity index (χ2v) is 7.23. The molecule has 2 aromatic carbocycles. The Morgan fingerprint density at radius 3 is 2.25 bits per heavy atom. The van der Waals surface area contributed by atoms with Crippen LogP contribution in [0.3, 0.4) is 0 Å². The van der Waals surface area contributed by atoms with E-state index in [2.05, 4.69) is 5.32 Å². The number of benzene rings is 2. The molecule has 2 aromatic rings. The standard InChI is InChI=1S/C23H18Cl2N2O5/c1-31-22(29)15-10-6-7-11-27(20(15)23(30)32-2)19-13-18(16(24)12-17(19)25)26-21(28)14-8-4-3-5-9-14/h3-13H,1-2H3,(H,26,28). The van der Waals surface area contributed by atoms with E-state index in [9.17, 15) is 14.4 Å². The van der Waals surface area contributed by atoms with E-state index in [1.807, 2.05) is 0 Å². The number of amides is 1. The highest BCUT2D eigenvalue weighted by Crippen LogP contribution is 2.38. The van der Waals surface area contributed by atoms with Gasteiger partial charge < -0.3 is 19.7 Å². The molecule has 0 aromatic heterocycles. The van der Waals surface area contributed by atoms with Crippen LogP contribution in [0.25, 0.3) is 0 Å². The van der Waals surface area contributed by atoms with Gasteiger partial charge >= 0.3 is 11.9 Å². The van der Waals surface area contributed by atoms with Crippen molar-refractivity contribution in [3.8, 4) is 0 Å². The minimum atomic E-state index is -0.789. The molecule has 0 atom stereocenters. The lowest BCUT2D eigenvalue weighted by Gasteiger charge is -2.25. The van der Waals surface area contributed by atoms with Crippen LogP contribution in [-0.4, -0.2) is 32.1 Å². The molecule has 164 valence electrons. The number of nitrogens with one attached hydrogen (secondary N) is 1. The minimum absolute atomic E-state index is 0.0368. The highest BCUT2D eigenvalue weighted by Gasteiger charge is 2.29. The average Bonchev–Trinajstić information content (AvgIpc) is 3.03. The summed E-state index contributed by atoms with van der Waals surface area (Å²) < 4.78 is 9.69. The monoisotopic (exact) mass is 472 g/mol. The average molecular weight is 473 g/mol. The third-order valence-corrected chi connectivity index (χ3v) is 5.08. The van der Waals surface area contributed by atoms with Gasteiger partial charge in [0.2, 0.25) is 0 Å². The lowest BCUT2D eigenvalue weighted by molar-refractivity contribution is -0.139. The fraction of sp³-hybridized carbons (Fsp3) is 0.0870. The van der Waals surface area contributed by atoms with Gasteiger partial charge in [0.1, 0.15) is 5.70 Å². The van der Waals surface area contributed by atoms with Gasteiger partial charge in [0.05, 0.1) is 41.2 Å². The van der Waals surface area contributed by atoms with Gasteiger partial charge in [0.15, 0.2) is 0 Å². The van der Waals surface area contributed by atoms with Crippen molar-refractivity contribution in [1.29, 1.82) is 0 Å². The first-order chi connectivity index (χ1) is 15.4. The number of hydrogen-bond acceptors (Lipinski definition) is 6. The predicted octanol–water partition coefficient (Wildman–Crippen LogP) is 4.74. The Kier molecular flexibility index (Phi) is 7.35. The van der Waals surface area contributed by atoms with Gasteiger partial charge in [-0.15, -0.1) is 0 Å². The molecule has 0 unspecified atom stereocenters. The van der Waals surface area contributed by atoms with E-state index in [1.165, 1.54) is 43.5 Å². The second-order valence-electron chi connectivity index (χ2n) is 6.42. The molecule has 1 aliphatic heterocycles. The van der Waals surface area contributed by atoms with E-state index >= 15 is 0 Å². The van der Waals surface area contributed by atoms with E-state index in [0.717, 1.165) is 0 Å². The molecule has 0 saturated carbocycles. The lowest BCUT2D eigenvalue weighted by atomic mass is 10.1. The number of esters is 2. The van der Waals surface area contributed by atoms with Crippen LogP contribution in [-0.2, 0) is 19.1 Å². The maximum Gasteiger partial charge on any atom is 0.355 e. The first-order valence-corrected chi connectivity index (χ1v) is 10.0. The predicted molar refractivity (Wildman–Crippen MR) is 123 cm³/mol. The summed E-state index contributed by atoms with van der Waals surface area (Å²) in [6, 6.07) is 11.5. The maximum absolute atomic E-state index is 12.6. The molecule has 1 N–H and O–H groups in total. The van der Waals surface area contributed by atoms with Gasteiger partial charge in [-0.05, 0) is 36.4 Å². The summed E-state index contributed by atoms with van der Waals surface area (Å²) in [4.78, 5) is 38.9. The summed E-state index contributed by atoms with van der Waals surface area (Å²) in [5.74, 6) is -1.91. The maximum atomic E-state index is 12.6. The van der Waals surface area contributed by atoms with Crippen molar-refractivity contribution < 1.29 is 23.9 Å². The molecular formula is C23H18Cl2N2O5. The zero-order valence-corrected chi connectivity index (χ0v) is 18.6. The van der Waals surface area contributed by atoms with E-state index in [0.29, 0.717) is 5.56 Å². The summed E-state index contributed by atoms with van der Waals surface area (Å²) in [6.07, 6.45) is 6.12. The third-order valence-electron chi connectivity index (χ3n) is 4.47. The quantitative estimate of drug-likeness (QED) is 0.632. The summed E-state index contributed by atoms with van der Waals surface area (Å²) >= 11 is 12.7. The zero-order chi connectivity index (χ0) is 23.3. The molecule has 32 heavy (non-hydrogen) atoms. The van der Waals surface area contributed by atoms with Gasteiger partial charge in [-0.1, -0.05) is 47.5 Å². The Balaban J connectivity index is 2.11. The highest BCUT2D eigenvalue weighted by atomic mass is 35.5. The number of carbonyl (C=O) groups is 3. The van der Waals surface area contributed by atoms with Crippen LogP contribution in [0.15, 0.2) is 78.2 Å². The van der Waals surface area contributed by atoms with Crippen LogP contribution in [0.2, 0.25) is 10.0 Å². The van der Waals surface area contributed by atoms with Crippen molar-refractivity contribution in [1.82, 2.24) is 0 Å². The number of rotatable bonds is 5. The van der Waals surface area contributed by atoms with Crippen molar-refractivity contribution in [2.45, 2.75) is 0 Å². The molecule has 0 aliphatic carbocycles. The van der Waals surface area contributed by atoms with Crippen LogP contribution in [0, 0.1) is 0 Å². The van der Waals surface area contributed by atoms with Crippen molar-refractivity contribution in [3.05, 3.63) is 93.8 Å². The molecule has 1 heterocycles. The molecular weight excluding hydrogens is 455 g/mol. The molecule has 3 rings (SSSR count). The van der Waals surface area contributed by atoms with Crippen LogP contribution >= 0.6 is 23.2 Å². The molecule has 9 heteroatoms. The van der Waals surface area contributed by atoms with Gasteiger partial charge in [0, 0.05) is 11.8 Å². The van der Waals surface area contributed by atoms with Gasteiger partial charge in [-0.2, -0.15) is 0 Å². The smallest absolute Gasteiger partial charge is 0.355 e. The van der Waals surface area contributed by atoms with Gasteiger partial charge in [-0.25, -0.2) is 9.59 Å². The van der Waals surface area contributed by atoms with Crippen LogP contribution in [0.5, 0.6) is 0 Å². The highest BCUT2D eigenvalue weighted by molar-refractivity contribution is 6.38. The summed E-state index contributed by atoms with van der Waals surface area (Å²) in [7, 11) is 2.39. The van der Waals surface area contributed by atoms with E-state index < -0.39 is 11.9 Å². The summed E-state index contributed by atoms with van der Waals surface area (Å²) in [6.45, 7) is 0. The SMILES string of the molecule is COC(=O)C1=C(C(=O)OC)N(c2cc(NC(=O)c3ccccc3)c(Cl)cc2Cl)C=CC=C1. The van der Waals surface area contributed by atoms with E-state index in [4.69, 9.17) is 32.7 Å². The van der Waals surface area contributed by atoms with Crippen molar-refractivity contribution >= 4 is 52.4 Å². The van der Waals surface area contributed by atoms with Crippen LogP contribution in [0.4, 0.5) is 11.4 Å². The largest absolute Gasteiger partial charge is 0.465 e. The Labute approximate surface area is 194 Å². The second kappa shape index (κ2) is 10.2.